The molecule has 0 heterocycles. The molecule has 0 fully saturated rings. The number of benzene rings is 1. The molecule has 1 aliphatic carbocycles. The molecule has 1 aliphatic rings. The number of rotatable bonds is 2. The van der Waals surface area contributed by atoms with E-state index >= 15 is 0 Å². The van der Waals surface area contributed by atoms with E-state index in [1.807, 2.05) is 13.8 Å². The Morgan fingerprint density at radius 2 is 1.65 bits per heavy atom. The second kappa shape index (κ2) is 4.67. The van der Waals surface area contributed by atoms with E-state index < -0.39 is 6.04 Å². The van der Waals surface area contributed by atoms with Crippen LogP contribution in [0, 0.1) is 13.8 Å². The molecule has 1 unspecified atom stereocenters. The summed E-state index contributed by atoms with van der Waals surface area (Å²) in [7, 11) is 0. The Bertz CT molecular complexity index is 441. The molecule has 2 rings (SSSR count). The van der Waals surface area contributed by atoms with Crippen molar-refractivity contribution >= 4 is 0 Å². The van der Waals surface area contributed by atoms with E-state index in [1.54, 1.807) is 0 Å². The second-order valence-corrected chi connectivity index (χ2v) is 4.97. The van der Waals surface area contributed by atoms with Crippen LogP contribution in [0.2, 0.25) is 0 Å². The molecule has 1 aromatic rings. The molecule has 0 aromatic heterocycles. The van der Waals surface area contributed by atoms with Crippen molar-refractivity contribution in [2.75, 3.05) is 6.61 Å². The molecule has 0 saturated carbocycles. The molecule has 1 aromatic carbocycles. The van der Waals surface area contributed by atoms with E-state index in [0.29, 0.717) is 0 Å². The van der Waals surface area contributed by atoms with Crippen molar-refractivity contribution in [3.63, 3.8) is 0 Å². The van der Waals surface area contributed by atoms with Gasteiger partial charge >= 0.3 is 0 Å². The summed E-state index contributed by atoms with van der Waals surface area (Å²) in [5, 5.41) is 19.4. The maximum absolute atomic E-state index is 10.2. The molecule has 1 atom stereocenters. The first-order chi connectivity index (χ1) is 8.07. The number of hydrogen-bond donors (Lipinski definition) is 3. The molecule has 0 radical (unpaired) electrons. The SMILES string of the molecule is Cc1c(O)c(C(N)CO)c(C)c2c1CCCC2. The lowest BCUT2D eigenvalue weighted by Gasteiger charge is -2.26. The van der Waals surface area contributed by atoms with Crippen molar-refractivity contribution in [1.82, 2.24) is 0 Å². The predicted molar refractivity (Wildman–Crippen MR) is 68.2 cm³/mol. The molecule has 17 heavy (non-hydrogen) atoms. The van der Waals surface area contributed by atoms with Crippen LogP contribution in [0.4, 0.5) is 0 Å². The lowest BCUT2D eigenvalue weighted by molar-refractivity contribution is 0.264. The zero-order chi connectivity index (χ0) is 12.6. The molecule has 0 bridgehead atoms. The highest BCUT2D eigenvalue weighted by Crippen LogP contribution is 2.38. The third-order valence-corrected chi connectivity index (χ3v) is 3.95. The fourth-order valence-electron chi connectivity index (χ4n) is 2.96. The fourth-order valence-corrected chi connectivity index (χ4v) is 2.96. The standard InChI is InChI=1S/C14H21NO2/c1-8-10-5-3-4-6-11(10)9(2)14(17)13(8)12(15)7-16/h12,16-17H,3-7,15H2,1-2H3. The minimum Gasteiger partial charge on any atom is -0.507 e. The molecule has 3 heteroatoms. The summed E-state index contributed by atoms with van der Waals surface area (Å²) in [4.78, 5) is 0. The highest BCUT2D eigenvalue weighted by atomic mass is 16.3. The van der Waals surface area contributed by atoms with Gasteiger partial charge in [-0.25, -0.2) is 0 Å². The maximum atomic E-state index is 10.2. The number of aromatic hydroxyl groups is 1. The van der Waals surface area contributed by atoms with E-state index in [4.69, 9.17) is 5.73 Å². The number of fused-ring (bicyclic) bond motifs is 1. The average molecular weight is 235 g/mol. The first kappa shape index (κ1) is 12.4. The predicted octanol–water partition coefficient (Wildman–Crippen LogP) is 1.88. The molecule has 0 saturated heterocycles. The number of aliphatic hydroxyl groups is 1. The minimum atomic E-state index is -0.485. The van der Waals surface area contributed by atoms with E-state index in [1.165, 1.54) is 24.0 Å². The van der Waals surface area contributed by atoms with E-state index in [0.717, 1.165) is 29.5 Å². The Hall–Kier alpha value is -1.06. The highest BCUT2D eigenvalue weighted by Gasteiger charge is 2.23. The number of nitrogens with two attached hydrogens (primary N) is 1. The van der Waals surface area contributed by atoms with Crippen molar-refractivity contribution in [3.05, 3.63) is 27.8 Å². The van der Waals surface area contributed by atoms with Crippen molar-refractivity contribution in [3.8, 4) is 5.75 Å². The molecule has 94 valence electrons. The Morgan fingerprint density at radius 1 is 1.12 bits per heavy atom. The van der Waals surface area contributed by atoms with Gasteiger partial charge in [0, 0.05) is 5.56 Å². The minimum absolute atomic E-state index is 0.132. The van der Waals surface area contributed by atoms with Crippen LogP contribution < -0.4 is 5.73 Å². The van der Waals surface area contributed by atoms with Crippen molar-refractivity contribution < 1.29 is 10.2 Å². The average Bonchev–Trinajstić information content (AvgIpc) is 2.36. The van der Waals surface area contributed by atoms with Gasteiger partial charge in [-0.05, 0) is 61.8 Å². The number of aliphatic hydroxyl groups excluding tert-OH is 1. The van der Waals surface area contributed by atoms with Crippen LogP contribution in [0.3, 0.4) is 0 Å². The quantitative estimate of drug-likeness (QED) is 0.733. The first-order valence-corrected chi connectivity index (χ1v) is 6.28. The summed E-state index contributed by atoms with van der Waals surface area (Å²) < 4.78 is 0. The molecule has 0 spiro atoms. The topological polar surface area (TPSA) is 66.5 Å². The largest absolute Gasteiger partial charge is 0.507 e. The van der Waals surface area contributed by atoms with Gasteiger partial charge in [0.15, 0.2) is 0 Å². The van der Waals surface area contributed by atoms with Crippen LogP contribution in [-0.2, 0) is 12.8 Å². The zero-order valence-corrected chi connectivity index (χ0v) is 10.6. The first-order valence-electron chi connectivity index (χ1n) is 6.28. The van der Waals surface area contributed by atoms with Gasteiger partial charge in [-0.3, -0.25) is 0 Å². The van der Waals surface area contributed by atoms with Gasteiger partial charge in [0.2, 0.25) is 0 Å². The monoisotopic (exact) mass is 235 g/mol. The summed E-state index contributed by atoms with van der Waals surface area (Å²) in [6, 6.07) is -0.485. The Labute approximate surface area is 102 Å². The molecule has 4 N–H and O–H groups in total. The lowest BCUT2D eigenvalue weighted by Crippen LogP contribution is -2.19. The summed E-state index contributed by atoms with van der Waals surface area (Å²) in [6.07, 6.45) is 4.50. The summed E-state index contributed by atoms with van der Waals surface area (Å²) in [6.45, 7) is 3.83. The highest BCUT2D eigenvalue weighted by molar-refractivity contribution is 5.56. The molecule has 3 nitrogen and oxygen atoms in total. The maximum Gasteiger partial charge on any atom is 0.123 e. The second-order valence-electron chi connectivity index (χ2n) is 4.97. The van der Waals surface area contributed by atoms with Crippen molar-refractivity contribution in [1.29, 1.82) is 0 Å². The molecular weight excluding hydrogens is 214 g/mol. The van der Waals surface area contributed by atoms with Crippen LogP contribution >= 0.6 is 0 Å². The third-order valence-electron chi connectivity index (χ3n) is 3.95. The summed E-state index contributed by atoms with van der Waals surface area (Å²) >= 11 is 0. The zero-order valence-electron chi connectivity index (χ0n) is 10.6. The smallest absolute Gasteiger partial charge is 0.123 e. The van der Waals surface area contributed by atoms with Gasteiger partial charge in [0.25, 0.3) is 0 Å². The summed E-state index contributed by atoms with van der Waals surface area (Å²) in [5.41, 5.74) is 11.3. The van der Waals surface area contributed by atoms with Gasteiger partial charge in [0.05, 0.1) is 12.6 Å². The Balaban J connectivity index is 2.65. The van der Waals surface area contributed by atoms with E-state index in [-0.39, 0.29) is 12.4 Å². The van der Waals surface area contributed by atoms with Crippen molar-refractivity contribution in [2.45, 2.75) is 45.6 Å². The Kier molecular flexibility index (Phi) is 3.40. The van der Waals surface area contributed by atoms with Crippen LogP contribution in [0.25, 0.3) is 0 Å². The molecule has 0 amide bonds. The van der Waals surface area contributed by atoms with Crippen LogP contribution in [0.1, 0.15) is 46.7 Å². The molecular formula is C14H21NO2. The third kappa shape index (κ3) is 1.94. The van der Waals surface area contributed by atoms with Gasteiger partial charge in [0.1, 0.15) is 5.75 Å². The number of hydrogen-bond acceptors (Lipinski definition) is 3. The number of phenols is 1. The molecule has 0 aliphatic heterocycles. The van der Waals surface area contributed by atoms with Crippen molar-refractivity contribution in [2.24, 2.45) is 5.73 Å². The van der Waals surface area contributed by atoms with Gasteiger partial charge in [-0.2, -0.15) is 0 Å². The van der Waals surface area contributed by atoms with Gasteiger partial charge in [-0.15, -0.1) is 0 Å². The normalized spacial score (nSPS) is 16.7. The van der Waals surface area contributed by atoms with E-state index in [2.05, 4.69) is 0 Å². The van der Waals surface area contributed by atoms with E-state index in [9.17, 15) is 10.2 Å². The fraction of sp³-hybridized carbons (Fsp3) is 0.571. The van der Waals surface area contributed by atoms with Crippen LogP contribution in [0.5, 0.6) is 5.75 Å². The van der Waals surface area contributed by atoms with Crippen LogP contribution in [-0.4, -0.2) is 16.8 Å². The van der Waals surface area contributed by atoms with Gasteiger partial charge in [-0.1, -0.05) is 0 Å². The lowest BCUT2D eigenvalue weighted by atomic mass is 9.81. The van der Waals surface area contributed by atoms with Crippen LogP contribution in [0.15, 0.2) is 0 Å². The Morgan fingerprint density at radius 3 is 2.18 bits per heavy atom. The summed E-state index contributed by atoms with van der Waals surface area (Å²) in [5.74, 6) is 0.282. The number of phenolic OH excluding ortho intramolecular Hbond substituents is 1. The van der Waals surface area contributed by atoms with Gasteiger partial charge < -0.3 is 15.9 Å².